The zero-order chi connectivity index (χ0) is 13.1. The molecule has 5 heteroatoms. The van der Waals surface area contributed by atoms with Crippen LogP contribution in [0.1, 0.15) is 19.8 Å². The van der Waals surface area contributed by atoms with Gasteiger partial charge in [0.2, 0.25) is 0 Å². The average Bonchev–Trinajstić information content (AvgIpc) is 3.15. The molecule has 0 heterocycles. The van der Waals surface area contributed by atoms with E-state index in [0.717, 1.165) is 25.7 Å². The first-order chi connectivity index (χ1) is 8.61. The quantitative estimate of drug-likeness (QED) is 0.793. The van der Waals surface area contributed by atoms with Crippen LogP contribution in [0.5, 0.6) is 0 Å². The highest BCUT2D eigenvalue weighted by molar-refractivity contribution is 9.10. The monoisotopic (exact) mass is 315 g/mol. The van der Waals surface area contributed by atoms with Gasteiger partial charge in [-0.1, -0.05) is 6.92 Å². The molecule has 0 saturated heterocycles. The third-order valence-corrected chi connectivity index (χ3v) is 3.88. The maximum absolute atomic E-state index is 13.4. The van der Waals surface area contributed by atoms with Crippen LogP contribution in [0.2, 0.25) is 0 Å². The fourth-order valence-corrected chi connectivity index (χ4v) is 2.45. The van der Waals surface area contributed by atoms with Crippen molar-refractivity contribution in [2.45, 2.75) is 25.8 Å². The summed E-state index contributed by atoms with van der Waals surface area (Å²) in [6, 6.07) is 3.79. The van der Waals surface area contributed by atoms with E-state index in [1.54, 1.807) is 6.07 Å². The Morgan fingerprint density at radius 3 is 2.83 bits per heavy atom. The fraction of sp³-hybridized carbons (Fsp3) is 0.538. The van der Waals surface area contributed by atoms with Gasteiger partial charge in [-0.15, -0.1) is 0 Å². The first kappa shape index (κ1) is 13.6. The second-order valence-electron chi connectivity index (χ2n) is 4.64. The summed E-state index contributed by atoms with van der Waals surface area (Å²) in [4.78, 5) is 2.44. The van der Waals surface area contributed by atoms with Crippen molar-refractivity contribution < 1.29 is 4.39 Å². The highest BCUT2D eigenvalue weighted by atomic mass is 79.9. The largest absolute Gasteiger partial charge is 0.397 e. The molecular weight excluding hydrogens is 297 g/mol. The Bertz CT molecular complexity index is 421. The van der Waals surface area contributed by atoms with Gasteiger partial charge in [0, 0.05) is 25.2 Å². The maximum Gasteiger partial charge on any atom is 0.139 e. The van der Waals surface area contributed by atoms with Crippen LogP contribution in [0.25, 0.3) is 0 Å². The number of nitrogens with two attached hydrogens (primary N) is 1. The predicted octanol–water partition coefficient (Wildman–Crippen LogP) is 3.07. The topological polar surface area (TPSA) is 41.3 Å². The van der Waals surface area contributed by atoms with Gasteiger partial charge in [0.15, 0.2) is 0 Å². The van der Waals surface area contributed by atoms with E-state index >= 15 is 0 Å². The van der Waals surface area contributed by atoms with E-state index in [-0.39, 0.29) is 5.82 Å². The Balaban J connectivity index is 1.87. The molecule has 100 valence electrons. The van der Waals surface area contributed by atoms with Crippen LogP contribution in [0.4, 0.5) is 15.8 Å². The van der Waals surface area contributed by atoms with Gasteiger partial charge in [-0.3, -0.25) is 4.90 Å². The zero-order valence-electron chi connectivity index (χ0n) is 10.5. The van der Waals surface area contributed by atoms with Gasteiger partial charge in [0.05, 0.1) is 15.8 Å². The molecule has 1 aliphatic rings. The summed E-state index contributed by atoms with van der Waals surface area (Å²) >= 11 is 3.12. The number of nitrogen functional groups attached to an aromatic ring is 1. The molecule has 0 aliphatic heterocycles. The molecular formula is C13H19BrFN3. The Kier molecular flexibility index (Phi) is 4.45. The summed E-state index contributed by atoms with van der Waals surface area (Å²) in [5, 5.41) is 3.20. The van der Waals surface area contributed by atoms with Crippen LogP contribution < -0.4 is 11.1 Å². The van der Waals surface area contributed by atoms with Crippen molar-refractivity contribution in [3.05, 3.63) is 22.4 Å². The summed E-state index contributed by atoms with van der Waals surface area (Å²) in [5.41, 5.74) is 7.08. The van der Waals surface area contributed by atoms with Gasteiger partial charge in [-0.25, -0.2) is 4.39 Å². The van der Waals surface area contributed by atoms with Crippen molar-refractivity contribution >= 4 is 27.3 Å². The molecule has 1 fully saturated rings. The molecule has 2 rings (SSSR count). The Labute approximate surface area is 116 Å². The van der Waals surface area contributed by atoms with Crippen molar-refractivity contribution in [2.75, 3.05) is 30.7 Å². The fourth-order valence-electron chi connectivity index (χ4n) is 2.09. The first-order valence-corrected chi connectivity index (χ1v) is 7.13. The molecule has 0 unspecified atom stereocenters. The van der Waals surface area contributed by atoms with Crippen molar-refractivity contribution in [1.82, 2.24) is 4.90 Å². The molecule has 0 radical (unpaired) electrons. The SMILES string of the molecule is CCN(CCNc1cc(F)c(Br)cc1N)C1CC1. The van der Waals surface area contributed by atoms with Crippen LogP contribution in [0, 0.1) is 5.82 Å². The Morgan fingerprint density at radius 2 is 2.22 bits per heavy atom. The number of nitrogens with zero attached hydrogens (tertiary/aromatic N) is 1. The van der Waals surface area contributed by atoms with Gasteiger partial charge in [0.25, 0.3) is 0 Å². The number of likely N-dealkylation sites (N-methyl/N-ethyl adjacent to an activating group) is 1. The molecule has 1 saturated carbocycles. The molecule has 3 N–H and O–H groups in total. The lowest BCUT2D eigenvalue weighted by Crippen LogP contribution is -2.31. The molecule has 0 amide bonds. The van der Waals surface area contributed by atoms with Crippen LogP contribution >= 0.6 is 15.9 Å². The van der Waals surface area contributed by atoms with Crippen LogP contribution in [0.3, 0.4) is 0 Å². The molecule has 3 nitrogen and oxygen atoms in total. The summed E-state index contributed by atoms with van der Waals surface area (Å²) in [7, 11) is 0. The first-order valence-electron chi connectivity index (χ1n) is 6.34. The lowest BCUT2D eigenvalue weighted by Gasteiger charge is -2.20. The van der Waals surface area contributed by atoms with E-state index in [9.17, 15) is 4.39 Å². The highest BCUT2D eigenvalue weighted by Crippen LogP contribution is 2.27. The predicted molar refractivity (Wildman–Crippen MR) is 77.3 cm³/mol. The highest BCUT2D eigenvalue weighted by Gasteiger charge is 2.27. The zero-order valence-corrected chi connectivity index (χ0v) is 12.1. The molecule has 1 aromatic carbocycles. The Morgan fingerprint density at radius 1 is 1.50 bits per heavy atom. The molecule has 0 bridgehead atoms. The van der Waals surface area contributed by atoms with E-state index in [2.05, 4.69) is 33.1 Å². The number of hydrogen-bond donors (Lipinski definition) is 2. The van der Waals surface area contributed by atoms with Gasteiger partial charge < -0.3 is 11.1 Å². The number of benzene rings is 1. The van der Waals surface area contributed by atoms with Crippen molar-refractivity contribution in [3.63, 3.8) is 0 Å². The smallest absolute Gasteiger partial charge is 0.139 e. The van der Waals surface area contributed by atoms with E-state index in [1.807, 2.05) is 0 Å². The Hall–Kier alpha value is -0.810. The number of nitrogens with one attached hydrogen (secondary N) is 1. The lowest BCUT2D eigenvalue weighted by molar-refractivity contribution is 0.289. The minimum atomic E-state index is -0.291. The van der Waals surface area contributed by atoms with Gasteiger partial charge in [-0.05, 0) is 41.4 Å². The number of anilines is 2. The van der Waals surface area contributed by atoms with Crippen molar-refractivity contribution in [1.29, 1.82) is 0 Å². The molecule has 0 spiro atoms. The lowest BCUT2D eigenvalue weighted by atomic mass is 10.2. The molecule has 0 aromatic heterocycles. The van der Waals surface area contributed by atoms with Crippen molar-refractivity contribution in [2.24, 2.45) is 0 Å². The summed E-state index contributed by atoms with van der Waals surface area (Å²) < 4.78 is 13.8. The van der Waals surface area contributed by atoms with Gasteiger partial charge in [-0.2, -0.15) is 0 Å². The summed E-state index contributed by atoms with van der Waals surface area (Å²) in [6.07, 6.45) is 2.62. The normalized spacial score (nSPS) is 15.1. The molecule has 1 aromatic rings. The van der Waals surface area contributed by atoms with E-state index < -0.39 is 0 Å². The number of rotatable bonds is 6. The standard InChI is InChI=1S/C13H19BrFN3/c1-2-18(9-3-4-9)6-5-17-13-8-11(15)10(14)7-12(13)16/h7-9,17H,2-6,16H2,1H3. The van der Waals surface area contributed by atoms with Crippen LogP contribution in [-0.4, -0.2) is 30.6 Å². The number of hydrogen-bond acceptors (Lipinski definition) is 3. The summed E-state index contributed by atoms with van der Waals surface area (Å²) in [6.45, 7) is 5.00. The van der Waals surface area contributed by atoms with E-state index in [0.29, 0.717) is 15.8 Å². The third-order valence-electron chi connectivity index (χ3n) is 3.28. The molecule has 1 aliphatic carbocycles. The van der Waals surface area contributed by atoms with Crippen LogP contribution in [0.15, 0.2) is 16.6 Å². The van der Waals surface area contributed by atoms with E-state index in [4.69, 9.17) is 5.73 Å². The average molecular weight is 316 g/mol. The second kappa shape index (κ2) is 5.89. The van der Waals surface area contributed by atoms with Crippen molar-refractivity contribution in [3.8, 4) is 0 Å². The maximum atomic E-state index is 13.4. The van der Waals surface area contributed by atoms with Crippen LogP contribution in [-0.2, 0) is 0 Å². The number of halogens is 2. The summed E-state index contributed by atoms with van der Waals surface area (Å²) in [5.74, 6) is -0.291. The van der Waals surface area contributed by atoms with Gasteiger partial charge >= 0.3 is 0 Å². The molecule has 0 atom stereocenters. The second-order valence-corrected chi connectivity index (χ2v) is 5.49. The third kappa shape index (κ3) is 3.36. The minimum Gasteiger partial charge on any atom is -0.397 e. The molecule has 18 heavy (non-hydrogen) atoms. The minimum absolute atomic E-state index is 0.291. The van der Waals surface area contributed by atoms with E-state index in [1.165, 1.54) is 18.9 Å². The van der Waals surface area contributed by atoms with Gasteiger partial charge in [0.1, 0.15) is 5.82 Å².